The van der Waals surface area contributed by atoms with Gasteiger partial charge in [0.1, 0.15) is 5.60 Å². The van der Waals surface area contributed by atoms with E-state index in [4.69, 9.17) is 30.5 Å². The summed E-state index contributed by atoms with van der Waals surface area (Å²) in [5.41, 5.74) is 1.18. The summed E-state index contributed by atoms with van der Waals surface area (Å²) in [6, 6.07) is 14.8. The number of carbonyl (C=O) groups is 3. The van der Waals surface area contributed by atoms with Crippen LogP contribution in [0.1, 0.15) is 74.4 Å². The zero-order valence-electron chi connectivity index (χ0n) is 25.8. The van der Waals surface area contributed by atoms with Gasteiger partial charge in [-0.05, 0) is 69.0 Å². The first kappa shape index (κ1) is 34.4. The highest BCUT2D eigenvalue weighted by Crippen LogP contribution is 2.41. The second kappa shape index (κ2) is 16.6. The average Bonchev–Trinajstić information content (AvgIpc) is 2.99. The van der Waals surface area contributed by atoms with Gasteiger partial charge in [-0.15, -0.1) is 0 Å². The lowest BCUT2D eigenvalue weighted by atomic mass is 9.68. The van der Waals surface area contributed by atoms with E-state index < -0.39 is 23.1 Å². The van der Waals surface area contributed by atoms with Gasteiger partial charge in [-0.25, -0.2) is 9.59 Å². The molecule has 0 unspecified atom stereocenters. The van der Waals surface area contributed by atoms with Crippen molar-refractivity contribution in [1.82, 2.24) is 10.2 Å². The lowest BCUT2D eigenvalue weighted by molar-refractivity contribution is -0.140. The number of benzene rings is 2. The topological polar surface area (TPSA) is 103 Å². The van der Waals surface area contributed by atoms with E-state index in [1.54, 1.807) is 12.1 Å². The molecule has 1 aliphatic rings. The first-order valence-electron chi connectivity index (χ1n) is 14.9. The van der Waals surface area contributed by atoms with Crippen molar-refractivity contribution in [3.05, 3.63) is 70.2 Å². The zero-order valence-corrected chi connectivity index (χ0v) is 26.5. The number of halogens is 1. The van der Waals surface area contributed by atoms with Crippen LogP contribution in [0.5, 0.6) is 0 Å². The highest BCUT2D eigenvalue weighted by atomic mass is 35.5. The average molecular weight is 617 g/mol. The molecule has 1 N–H and O–H groups in total. The van der Waals surface area contributed by atoms with Crippen LogP contribution in [0.3, 0.4) is 0 Å². The summed E-state index contributed by atoms with van der Waals surface area (Å²) in [7, 11) is 1.35. The van der Waals surface area contributed by atoms with Crippen LogP contribution in [0.4, 0.5) is 4.79 Å². The quantitative estimate of drug-likeness (QED) is 0.208. The summed E-state index contributed by atoms with van der Waals surface area (Å²) < 4.78 is 21.4. The van der Waals surface area contributed by atoms with E-state index in [1.807, 2.05) is 62.1 Å². The van der Waals surface area contributed by atoms with Crippen LogP contribution < -0.4 is 5.32 Å². The number of methoxy groups -OCH3 is 1. The van der Waals surface area contributed by atoms with E-state index >= 15 is 0 Å². The summed E-state index contributed by atoms with van der Waals surface area (Å²) in [4.78, 5) is 39.9. The summed E-state index contributed by atoms with van der Waals surface area (Å²) in [5, 5.41) is 3.29. The van der Waals surface area contributed by atoms with Crippen molar-refractivity contribution >= 4 is 29.6 Å². The first-order chi connectivity index (χ1) is 20.5. The largest absolute Gasteiger partial charge is 0.465 e. The minimum absolute atomic E-state index is 0.0691. The lowest BCUT2D eigenvalue weighted by Gasteiger charge is -2.40. The maximum Gasteiger partial charge on any atom is 0.407 e. The van der Waals surface area contributed by atoms with Gasteiger partial charge in [-0.2, -0.15) is 0 Å². The number of amides is 2. The standard InChI is InChI=1S/C33H45ClN2O7/c1-32(2,3)43-31(39)35-18-20-41-22-23-42-21-19-36(24-25-8-10-26(11-9-25)29(37)40-4)30(38)33(16-6-5-7-17-33)27-12-14-28(34)15-13-27/h8-15H,5-7,16-24H2,1-4H3,(H,35,39). The van der Waals surface area contributed by atoms with E-state index in [0.29, 0.717) is 56.6 Å². The molecule has 0 atom stereocenters. The molecule has 0 spiro atoms. The van der Waals surface area contributed by atoms with E-state index in [1.165, 1.54) is 7.11 Å². The normalized spacial score (nSPS) is 14.5. The molecule has 2 aromatic carbocycles. The molecule has 2 amide bonds. The Morgan fingerprint density at radius 3 is 2.12 bits per heavy atom. The van der Waals surface area contributed by atoms with Gasteiger partial charge >= 0.3 is 12.1 Å². The summed E-state index contributed by atoms with van der Waals surface area (Å²) in [5.74, 6) is -0.334. The predicted octanol–water partition coefficient (Wildman–Crippen LogP) is 5.92. The number of hydrogen-bond acceptors (Lipinski definition) is 7. The number of carbonyl (C=O) groups excluding carboxylic acids is 3. The molecule has 0 aliphatic heterocycles. The van der Waals surface area contributed by atoms with Gasteiger partial charge in [0.15, 0.2) is 0 Å². The van der Waals surface area contributed by atoms with E-state index in [0.717, 1.165) is 43.2 Å². The van der Waals surface area contributed by atoms with Crippen molar-refractivity contribution in [2.45, 2.75) is 70.4 Å². The molecular weight excluding hydrogens is 572 g/mol. The Balaban J connectivity index is 1.61. The predicted molar refractivity (Wildman–Crippen MR) is 165 cm³/mol. The SMILES string of the molecule is COC(=O)c1ccc(CN(CCOCCOCCNC(=O)OC(C)(C)C)C(=O)C2(c3ccc(Cl)cc3)CCCCC2)cc1. The Bertz CT molecular complexity index is 1170. The van der Waals surface area contributed by atoms with Crippen LogP contribution in [-0.2, 0) is 35.7 Å². The molecule has 9 nitrogen and oxygen atoms in total. The number of esters is 1. The number of rotatable bonds is 14. The number of nitrogens with zero attached hydrogens (tertiary/aromatic N) is 1. The molecule has 1 fully saturated rings. The molecule has 236 valence electrons. The van der Waals surface area contributed by atoms with Crippen molar-refractivity contribution in [3.8, 4) is 0 Å². The van der Waals surface area contributed by atoms with Crippen molar-refractivity contribution in [2.75, 3.05) is 46.6 Å². The first-order valence-corrected chi connectivity index (χ1v) is 15.3. The van der Waals surface area contributed by atoms with Gasteiger partial charge < -0.3 is 29.2 Å². The Kier molecular flexibility index (Phi) is 13.3. The molecule has 0 radical (unpaired) electrons. The molecule has 3 rings (SSSR count). The smallest absolute Gasteiger partial charge is 0.407 e. The molecule has 2 aromatic rings. The monoisotopic (exact) mass is 616 g/mol. The molecule has 0 heterocycles. The van der Waals surface area contributed by atoms with Gasteiger partial charge in [0.25, 0.3) is 0 Å². The number of alkyl carbamates (subject to hydrolysis) is 1. The van der Waals surface area contributed by atoms with Crippen LogP contribution in [0.25, 0.3) is 0 Å². The number of ether oxygens (including phenoxy) is 4. The van der Waals surface area contributed by atoms with Crippen molar-refractivity contribution < 1.29 is 33.3 Å². The van der Waals surface area contributed by atoms with Crippen LogP contribution in [0.2, 0.25) is 5.02 Å². The fraction of sp³-hybridized carbons (Fsp3) is 0.545. The summed E-state index contributed by atoms with van der Waals surface area (Å²) >= 11 is 6.19. The number of nitrogens with one attached hydrogen (secondary N) is 1. The summed E-state index contributed by atoms with van der Waals surface area (Å²) in [6.07, 6.45) is 4.13. The minimum atomic E-state index is -0.626. The van der Waals surface area contributed by atoms with Gasteiger partial charge in [0.05, 0.1) is 44.5 Å². The highest BCUT2D eigenvalue weighted by Gasteiger charge is 2.43. The Morgan fingerprint density at radius 2 is 1.51 bits per heavy atom. The van der Waals surface area contributed by atoms with Gasteiger partial charge in [-0.3, -0.25) is 4.79 Å². The maximum atomic E-state index is 14.4. The summed E-state index contributed by atoms with van der Waals surface area (Å²) in [6.45, 7) is 7.91. The van der Waals surface area contributed by atoms with Crippen molar-refractivity contribution in [3.63, 3.8) is 0 Å². The molecule has 0 aromatic heterocycles. The molecule has 1 aliphatic carbocycles. The van der Waals surface area contributed by atoms with Gasteiger partial charge in [0.2, 0.25) is 5.91 Å². The maximum absolute atomic E-state index is 14.4. The van der Waals surface area contributed by atoms with E-state index in [-0.39, 0.29) is 5.91 Å². The Morgan fingerprint density at radius 1 is 0.884 bits per heavy atom. The molecule has 43 heavy (non-hydrogen) atoms. The molecule has 10 heteroatoms. The van der Waals surface area contributed by atoms with E-state index in [9.17, 15) is 14.4 Å². The Labute approximate surface area is 260 Å². The van der Waals surface area contributed by atoms with Crippen molar-refractivity contribution in [2.24, 2.45) is 0 Å². The third-order valence-electron chi connectivity index (χ3n) is 7.34. The second-order valence-electron chi connectivity index (χ2n) is 11.7. The zero-order chi connectivity index (χ0) is 31.3. The van der Waals surface area contributed by atoms with Crippen molar-refractivity contribution in [1.29, 1.82) is 0 Å². The van der Waals surface area contributed by atoms with Crippen LogP contribution in [0.15, 0.2) is 48.5 Å². The molecule has 1 saturated carbocycles. The van der Waals surface area contributed by atoms with E-state index in [2.05, 4.69) is 5.32 Å². The minimum Gasteiger partial charge on any atom is -0.465 e. The molecule has 0 bridgehead atoms. The number of hydrogen-bond donors (Lipinski definition) is 1. The van der Waals surface area contributed by atoms with Gasteiger partial charge in [-0.1, -0.05) is 55.1 Å². The van der Waals surface area contributed by atoms with Gasteiger partial charge in [0, 0.05) is 24.7 Å². The Hall–Kier alpha value is -3.14. The van der Waals surface area contributed by atoms with Crippen LogP contribution >= 0.6 is 11.6 Å². The molecule has 0 saturated heterocycles. The fourth-order valence-corrected chi connectivity index (χ4v) is 5.35. The third kappa shape index (κ3) is 10.8. The lowest BCUT2D eigenvalue weighted by Crippen LogP contribution is -2.48. The second-order valence-corrected chi connectivity index (χ2v) is 12.2. The third-order valence-corrected chi connectivity index (χ3v) is 7.59. The van der Waals surface area contributed by atoms with Crippen LogP contribution in [-0.4, -0.2) is 75.1 Å². The molecular formula is C33H45ClN2O7. The van der Waals surface area contributed by atoms with Crippen LogP contribution in [0, 0.1) is 0 Å². The fourth-order valence-electron chi connectivity index (χ4n) is 5.23. The highest BCUT2D eigenvalue weighted by molar-refractivity contribution is 6.30.